The molecule has 1 aliphatic rings. The summed E-state index contributed by atoms with van der Waals surface area (Å²) in [6.07, 6.45) is 3.66. The van der Waals surface area contributed by atoms with Crippen molar-refractivity contribution in [3.63, 3.8) is 0 Å². The number of anilines is 1. The van der Waals surface area contributed by atoms with Crippen LogP contribution in [0, 0.1) is 0 Å². The number of thioether (sulfide) groups is 1. The van der Waals surface area contributed by atoms with Crippen molar-refractivity contribution in [3.05, 3.63) is 29.8 Å². The molecular weight excluding hydrogens is 218 g/mol. The average Bonchev–Trinajstić information content (AvgIpc) is 2.62. The standard InChI is InChI=1S/C13H17NOS/c1-10-9-11-5-3-4-6-12(11)14(10)13(15)7-8-16-2/h3-6,10H,7-9H2,1-2H3. The normalized spacial score (nSPS) is 18.6. The van der Waals surface area contributed by atoms with Gasteiger partial charge in [-0.15, -0.1) is 0 Å². The van der Waals surface area contributed by atoms with Crippen LogP contribution in [0.1, 0.15) is 18.9 Å². The summed E-state index contributed by atoms with van der Waals surface area (Å²) in [5, 5.41) is 0. The van der Waals surface area contributed by atoms with Crippen LogP contribution in [0.2, 0.25) is 0 Å². The Morgan fingerprint density at radius 3 is 3.00 bits per heavy atom. The van der Waals surface area contributed by atoms with Crippen LogP contribution in [-0.4, -0.2) is 24.0 Å². The van der Waals surface area contributed by atoms with Gasteiger partial charge < -0.3 is 4.90 Å². The zero-order valence-electron chi connectivity index (χ0n) is 9.77. The minimum atomic E-state index is 0.256. The molecule has 0 fully saturated rings. The van der Waals surface area contributed by atoms with Gasteiger partial charge in [0.15, 0.2) is 0 Å². The van der Waals surface area contributed by atoms with Gasteiger partial charge in [0.2, 0.25) is 5.91 Å². The van der Waals surface area contributed by atoms with Crippen molar-refractivity contribution in [3.8, 4) is 0 Å². The summed E-state index contributed by atoms with van der Waals surface area (Å²) in [6.45, 7) is 2.12. The summed E-state index contributed by atoms with van der Waals surface area (Å²) in [5.41, 5.74) is 2.41. The molecule has 1 unspecified atom stereocenters. The Morgan fingerprint density at radius 1 is 1.50 bits per heavy atom. The maximum atomic E-state index is 12.1. The zero-order valence-corrected chi connectivity index (χ0v) is 10.6. The predicted molar refractivity (Wildman–Crippen MR) is 70.1 cm³/mol. The lowest BCUT2D eigenvalue weighted by Crippen LogP contribution is -2.35. The number of carbonyl (C=O) groups is 1. The first-order valence-electron chi connectivity index (χ1n) is 5.63. The second-order valence-electron chi connectivity index (χ2n) is 4.19. The van der Waals surface area contributed by atoms with Crippen molar-refractivity contribution in [2.75, 3.05) is 16.9 Å². The Balaban J connectivity index is 2.18. The van der Waals surface area contributed by atoms with Gasteiger partial charge in [0.05, 0.1) is 0 Å². The molecule has 3 heteroatoms. The van der Waals surface area contributed by atoms with Crippen molar-refractivity contribution in [1.29, 1.82) is 0 Å². The third-order valence-corrected chi connectivity index (χ3v) is 3.61. The molecule has 1 amide bonds. The second-order valence-corrected chi connectivity index (χ2v) is 5.17. The molecule has 0 spiro atoms. The Hall–Kier alpha value is -0.960. The third-order valence-electron chi connectivity index (χ3n) is 3.00. The van der Waals surface area contributed by atoms with Crippen LogP contribution in [0.25, 0.3) is 0 Å². The van der Waals surface area contributed by atoms with E-state index in [1.165, 1.54) is 5.56 Å². The van der Waals surface area contributed by atoms with Crippen LogP contribution in [0.15, 0.2) is 24.3 Å². The molecule has 1 aliphatic heterocycles. The highest BCUT2D eigenvalue weighted by molar-refractivity contribution is 7.98. The van der Waals surface area contributed by atoms with E-state index >= 15 is 0 Å². The van der Waals surface area contributed by atoms with Crippen LogP contribution in [-0.2, 0) is 11.2 Å². The molecular formula is C13H17NOS. The van der Waals surface area contributed by atoms with Crippen LogP contribution in [0.3, 0.4) is 0 Å². The van der Waals surface area contributed by atoms with Crippen molar-refractivity contribution in [1.82, 2.24) is 0 Å². The summed E-state index contributed by atoms with van der Waals surface area (Å²) in [5.74, 6) is 1.16. The lowest BCUT2D eigenvalue weighted by molar-refractivity contribution is -0.118. The zero-order chi connectivity index (χ0) is 11.5. The molecule has 1 heterocycles. The smallest absolute Gasteiger partial charge is 0.228 e. The highest BCUT2D eigenvalue weighted by Gasteiger charge is 2.29. The Kier molecular flexibility index (Phi) is 3.54. The molecule has 0 saturated heterocycles. The summed E-state index contributed by atoms with van der Waals surface area (Å²) in [7, 11) is 0. The molecule has 0 aliphatic carbocycles. The SMILES string of the molecule is CSCCC(=O)N1c2ccccc2CC1C. The Labute approximate surface area is 101 Å². The summed E-state index contributed by atoms with van der Waals surface area (Å²) in [6, 6.07) is 8.53. The molecule has 0 saturated carbocycles. The van der Waals surface area contributed by atoms with Gasteiger partial charge in [0, 0.05) is 23.9 Å². The molecule has 2 nitrogen and oxygen atoms in total. The first-order valence-corrected chi connectivity index (χ1v) is 7.02. The molecule has 2 rings (SSSR count). The quantitative estimate of drug-likeness (QED) is 0.803. The lowest BCUT2D eigenvalue weighted by Gasteiger charge is -2.22. The van der Waals surface area contributed by atoms with E-state index in [1.54, 1.807) is 11.8 Å². The van der Waals surface area contributed by atoms with Crippen LogP contribution in [0.4, 0.5) is 5.69 Å². The van der Waals surface area contributed by atoms with Gasteiger partial charge >= 0.3 is 0 Å². The molecule has 0 N–H and O–H groups in total. The van der Waals surface area contributed by atoms with Crippen molar-refractivity contribution >= 4 is 23.4 Å². The van der Waals surface area contributed by atoms with Crippen molar-refractivity contribution < 1.29 is 4.79 Å². The molecule has 0 radical (unpaired) electrons. The number of para-hydroxylation sites is 1. The Bertz CT molecular complexity index is 391. The molecule has 1 aromatic rings. The van der Waals surface area contributed by atoms with Gasteiger partial charge in [-0.1, -0.05) is 18.2 Å². The van der Waals surface area contributed by atoms with Crippen LogP contribution >= 0.6 is 11.8 Å². The van der Waals surface area contributed by atoms with E-state index in [0.717, 1.165) is 17.9 Å². The van der Waals surface area contributed by atoms with E-state index in [-0.39, 0.29) is 5.91 Å². The lowest BCUT2D eigenvalue weighted by atomic mass is 10.1. The fraction of sp³-hybridized carbons (Fsp3) is 0.462. The number of amides is 1. The first kappa shape index (κ1) is 11.5. The van der Waals surface area contributed by atoms with E-state index in [0.29, 0.717) is 12.5 Å². The molecule has 86 valence electrons. The number of carbonyl (C=O) groups excluding carboxylic acids is 1. The van der Waals surface area contributed by atoms with Gasteiger partial charge in [0.1, 0.15) is 0 Å². The molecule has 16 heavy (non-hydrogen) atoms. The molecule has 1 atom stereocenters. The third kappa shape index (κ3) is 2.09. The number of nitrogens with zero attached hydrogens (tertiary/aromatic N) is 1. The molecule has 0 bridgehead atoms. The highest BCUT2D eigenvalue weighted by atomic mass is 32.2. The fourth-order valence-corrected chi connectivity index (χ4v) is 2.63. The van der Waals surface area contributed by atoms with Gasteiger partial charge in [-0.3, -0.25) is 4.79 Å². The number of benzene rings is 1. The minimum absolute atomic E-state index is 0.256. The number of hydrogen-bond acceptors (Lipinski definition) is 2. The molecule has 1 aromatic carbocycles. The van der Waals surface area contributed by atoms with Crippen LogP contribution < -0.4 is 4.90 Å². The topological polar surface area (TPSA) is 20.3 Å². The van der Waals surface area contributed by atoms with Crippen molar-refractivity contribution in [2.24, 2.45) is 0 Å². The summed E-state index contributed by atoms with van der Waals surface area (Å²) in [4.78, 5) is 14.1. The van der Waals surface area contributed by atoms with E-state index in [1.807, 2.05) is 23.3 Å². The van der Waals surface area contributed by atoms with Gasteiger partial charge in [-0.05, 0) is 31.2 Å². The van der Waals surface area contributed by atoms with Gasteiger partial charge in [-0.2, -0.15) is 11.8 Å². The predicted octanol–water partition coefficient (Wildman–Crippen LogP) is 2.72. The summed E-state index contributed by atoms with van der Waals surface area (Å²) < 4.78 is 0. The van der Waals surface area contributed by atoms with E-state index in [2.05, 4.69) is 19.1 Å². The monoisotopic (exact) mass is 235 g/mol. The summed E-state index contributed by atoms with van der Waals surface area (Å²) >= 11 is 1.72. The maximum Gasteiger partial charge on any atom is 0.228 e. The minimum Gasteiger partial charge on any atom is -0.309 e. The number of hydrogen-bond donors (Lipinski definition) is 0. The Morgan fingerprint density at radius 2 is 2.25 bits per heavy atom. The maximum absolute atomic E-state index is 12.1. The largest absolute Gasteiger partial charge is 0.309 e. The van der Waals surface area contributed by atoms with Gasteiger partial charge in [-0.25, -0.2) is 0 Å². The van der Waals surface area contributed by atoms with Crippen molar-refractivity contribution in [2.45, 2.75) is 25.8 Å². The number of rotatable bonds is 3. The fourth-order valence-electron chi connectivity index (χ4n) is 2.26. The van der Waals surface area contributed by atoms with E-state index in [4.69, 9.17) is 0 Å². The molecule has 0 aromatic heterocycles. The average molecular weight is 235 g/mol. The highest BCUT2D eigenvalue weighted by Crippen LogP contribution is 2.32. The number of fused-ring (bicyclic) bond motifs is 1. The van der Waals surface area contributed by atoms with E-state index < -0.39 is 0 Å². The van der Waals surface area contributed by atoms with Gasteiger partial charge in [0.25, 0.3) is 0 Å². The second kappa shape index (κ2) is 4.91. The first-order chi connectivity index (χ1) is 7.74. The van der Waals surface area contributed by atoms with Crippen LogP contribution in [0.5, 0.6) is 0 Å². The van der Waals surface area contributed by atoms with E-state index in [9.17, 15) is 4.79 Å².